The molecule has 0 radical (unpaired) electrons. The van der Waals surface area contributed by atoms with Crippen molar-refractivity contribution in [2.45, 2.75) is 57.4 Å². The first kappa shape index (κ1) is 19.1. The molecule has 0 aliphatic heterocycles. The lowest BCUT2D eigenvalue weighted by molar-refractivity contribution is -0.135. The van der Waals surface area contributed by atoms with Crippen molar-refractivity contribution in [3.8, 4) is 5.69 Å². The largest absolute Gasteiger partial charge is 0.354 e. The maximum atomic E-state index is 12.6. The Morgan fingerprint density at radius 1 is 1.15 bits per heavy atom. The number of carbonyl (C=O) groups is 2. The number of amides is 2. The number of rotatable bonds is 7. The van der Waals surface area contributed by atoms with Crippen molar-refractivity contribution in [2.75, 3.05) is 6.54 Å². The Morgan fingerprint density at radius 2 is 1.89 bits per heavy atom. The van der Waals surface area contributed by atoms with Crippen molar-refractivity contribution in [3.63, 3.8) is 0 Å². The van der Waals surface area contributed by atoms with Gasteiger partial charge in [-0.3, -0.25) is 9.59 Å². The highest BCUT2D eigenvalue weighted by atomic mass is 16.2. The number of likely N-dealkylation sites (N-methyl/N-ethyl adjacent to an activating group) is 1. The maximum absolute atomic E-state index is 12.6. The molecular formula is C21H28N4O2. The monoisotopic (exact) mass is 368 g/mol. The van der Waals surface area contributed by atoms with E-state index in [0.717, 1.165) is 43.4 Å². The predicted octanol–water partition coefficient (Wildman–Crippen LogP) is 2.76. The molecule has 2 amide bonds. The zero-order chi connectivity index (χ0) is 19.1. The fourth-order valence-corrected chi connectivity index (χ4v) is 3.69. The van der Waals surface area contributed by atoms with Crippen LogP contribution in [0.15, 0.2) is 42.7 Å². The Morgan fingerprint density at radius 3 is 2.59 bits per heavy atom. The number of para-hydroxylation sites is 1. The van der Waals surface area contributed by atoms with Crippen LogP contribution in [0.25, 0.3) is 5.69 Å². The molecular weight excluding hydrogens is 340 g/mol. The molecule has 1 aromatic heterocycles. The van der Waals surface area contributed by atoms with E-state index in [4.69, 9.17) is 0 Å². The summed E-state index contributed by atoms with van der Waals surface area (Å²) in [4.78, 5) is 25.1. The summed E-state index contributed by atoms with van der Waals surface area (Å²) in [5.74, 6) is -0.120. The van der Waals surface area contributed by atoms with E-state index in [0.29, 0.717) is 19.4 Å². The van der Waals surface area contributed by atoms with Gasteiger partial charge in [0.05, 0.1) is 11.9 Å². The lowest BCUT2D eigenvalue weighted by atomic mass is 9.80. The molecule has 0 saturated heterocycles. The molecule has 27 heavy (non-hydrogen) atoms. The molecule has 1 aliphatic carbocycles. The highest BCUT2D eigenvalue weighted by Gasteiger charge is 2.40. The Bertz CT molecular complexity index is 763. The summed E-state index contributed by atoms with van der Waals surface area (Å²) in [6.07, 6.45) is 9.19. The standard InChI is InChI=1S/C21H28N4O2/c1-2-22-20(27)21(13-7-4-8-14-21)24-19(26)12-11-17-15-23-25(16-17)18-9-5-3-6-10-18/h3,5-6,9-10,15-16H,2,4,7-8,11-14H2,1H3,(H,22,27)(H,24,26). The Balaban J connectivity index is 1.58. The minimum Gasteiger partial charge on any atom is -0.354 e. The van der Waals surface area contributed by atoms with Gasteiger partial charge in [-0.15, -0.1) is 0 Å². The van der Waals surface area contributed by atoms with Crippen LogP contribution >= 0.6 is 0 Å². The first-order valence-electron chi connectivity index (χ1n) is 9.81. The van der Waals surface area contributed by atoms with Gasteiger partial charge in [-0.25, -0.2) is 4.68 Å². The lowest BCUT2D eigenvalue weighted by Gasteiger charge is -2.36. The number of benzene rings is 1. The number of hydrogen-bond donors (Lipinski definition) is 2. The molecule has 0 bridgehead atoms. The predicted molar refractivity (Wildman–Crippen MR) is 105 cm³/mol. The number of nitrogens with zero attached hydrogens (tertiary/aromatic N) is 2. The second-order valence-electron chi connectivity index (χ2n) is 7.18. The van der Waals surface area contributed by atoms with Crippen molar-refractivity contribution in [1.29, 1.82) is 0 Å². The fourth-order valence-electron chi connectivity index (χ4n) is 3.69. The molecule has 0 atom stereocenters. The fraction of sp³-hybridized carbons (Fsp3) is 0.476. The summed E-state index contributed by atoms with van der Waals surface area (Å²) in [5, 5.41) is 10.3. The van der Waals surface area contributed by atoms with Crippen LogP contribution in [0.2, 0.25) is 0 Å². The number of aromatic nitrogens is 2. The molecule has 1 fully saturated rings. The van der Waals surface area contributed by atoms with Gasteiger partial charge in [-0.2, -0.15) is 5.10 Å². The number of hydrogen-bond acceptors (Lipinski definition) is 3. The quantitative estimate of drug-likeness (QED) is 0.789. The SMILES string of the molecule is CCNC(=O)C1(NC(=O)CCc2cnn(-c3ccccc3)c2)CCCCC1. The molecule has 1 aliphatic rings. The summed E-state index contributed by atoms with van der Waals surface area (Å²) < 4.78 is 1.81. The van der Waals surface area contributed by atoms with Gasteiger partial charge in [0.2, 0.25) is 11.8 Å². The van der Waals surface area contributed by atoms with Crippen LogP contribution in [0.1, 0.15) is 51.0 Å². The second-order valence-corrected chi connectivity index (χ2v) is 7.18. The van der Waals surface area contributed by atoms with Crippen LogP contribution in [0.5, 0.6) is 0 Å². The summed E-state index contributed by atoms with van der Waals surface area (Å²) in [7, 11) is 0. The number of nitrogens with one attached hydrogen (secondary N) is 2. The zero-order valence-corrected chi connectivity index (χ0v) is 15.9. The molecule has 0 spiro atoms. The van der Waals surface area contributed by atoms with Crippen LogP contribution in [0, 0.1) is 0 Å². The maximum Gasteiger partial charge on any atom is 0.245 e. The first-order valence-corrected chi connectivity index (χ1v) is 9.81. The molecule has 1 heterocycles. The third-order valence-corrected chi connectivity index (χ3v) is 5.16. The van der Waals surface area contributed by atoms with Gasteiger partial charge in [0, 0.05) is 19.2 Å². The van der Waals surface area contributed by atoms with Gasteiger partial charge in [-0.1, -0.05) is 37.5 Å². The summed E-state index contributed by atoms with van der Waals surface area (Å²) in [6.45, 7) is 2.48. The average Bonchev–Trinajstić information content (AvgIpc) is 3.17. The van der Waals surface area contributed by atoms with E-state index in [9.17, 15) is 9.59 Å². The Kier molecular flexibility index (Phi) is 6.27. The van der Waals surface area contributed by atoms with Crippen molar-refractivity contribution >= 4 is 11.8 Å². The smallest absolute Gasteiger partial charge is 0.245 e. The molecule has 1 aromatic carbocycles. The molecule has 1 saturated carbocycles. The van der Waals surface area contributed by atoms with Gasteiger partial charge < -0.3 is 10.6 Å². The normalized spacial score (nSPS) is 15.9. The van der Waals surface area contributed by atoms with Crippen LogP contribution in [0.3, 0.4) is 0 Å². The summed E-state index contributed by atoms with van der Waals surface area (Å²) in [5.41, 5.74) is 1.26. The summed E-state index contributed by atoms with van der Waals surface area (Å²) >= 11 is 0. The second kappa shape index (κ2) is 8.84. The highest BCUT2D eigenvalue weighted by Crippen LogP contribution is 2.28. The molecule has 0 unspecified atom stereocenters. The molecule has 3 rings (SSSR count). The van der Waals surface area contributed by atoms with E-state index in [1.54, 1.807) is 6.20 Å². The number of carbonyl (C=O) groups excluding carboxylic acids is 2. The third-order valence-electron chi connectivity index (χ3n) is 5.16. The topological polar surface area (TPSA) is 76.0 Å². The minimum absolute atomic E-state index is 0.0463. The molecule has 2 N–H and O–H groups in total. The van der Waals surface area contributed by atoms with Gasteiger partial charge in [0.1, 0.15) is 5.54 Å². The highest BCUT2D eigenvalue weighted by molar-refractivity contribution is 5.91. The van der Waals surface area contributed by atoms with Crippen molar-refractivity contribution in [3.05, 3.63) is 48.3 Å². The van der Waals surface area contributed by atoms with Gasteiger partial charge in [0.25, 0.3) is 0 Å². The van der Waals surface area contributed by atoms with E-state index >= 15 is 0 Å². The van der Waals surface area contributed by atoms with Crippen molar-refractivity contribution in [2.24, 2.45) is 0 Å². The summed E-state index contributed by atoms with van der Waals surface area (Å²) in [6, 6.07) is 9.88. The van der Waals surface area contributed by atoms with Crippen LogP contribution in [-0.4, -0.2) is 33.7 Å². The van der Waals surface area contributed by atoms with Gasteiger partial charge in [-0.05, 0) is 43.9 Å². The Labute approximate surface area is 160 Å². The van der Waals surface area contributed by atoms with E-state index in [2.05, 4.69) is 15.7 Å². The van der Waals surface area contributed by atoms with E-state index < -0.39 is 5.54 Å². The molecule has 144 valence electrons. The lowest BCUT2D eigenvalue weighted by Crippen LogP contribution is -2.59. The van der Waals surface area contributed by atoms with Crippen LogP contribution in [-0.2, 0) is 16.0 Å². The van der Waals surface area contributed by atoms with Crippen molar-refractivity contribution < 1.29 is 9.59 Å². The van der Waals surface area contributed by atoms with Gasteiger partial charge >= 0.3 is 0 Å². The van der Waals surface area contributed by atoms with Crippen LogP contribution in [0.4, 0.5) is 0 Å². The minimum atomic E-state index is -0.737. The van der Waals surface area contributed by atoms with E-state index in [1.807, 2.05) is 48.1 Å². The van der Waals surface area contributed by atoms with Crippen LogP contribution < -0.4 is 10.6 Å². The average molecular weight is 368 g/mol. The zero-order valence-electron chi connectivity index (χ0n) is 15.9. The third kappa shape index (κ3) is 4.76. The Hall–Kier alpha value is -2.63. The number of aryl methyl sites for hydroxylation is 1. The van der Waals surface area contributed by atoms with E-state index in [-0.39, 0.29) is 11.8 Å². The molecule has 6 heteroatoms. The molecule has 2 aromatic rings. The van der Waals surface area contributed by atoms with E-state index in [1.165, 1.54) is 0 Å². The van der Waals surface area contributed by atoms with Crippen molar-refractivity contribution in [1.82, 2.24) is 20.4 Å². The molecule has 6 nitrogen and oxygen atoms in total. The van der Waals surface area contributed by atoms with Gasteiger partial charge in [0.15, 0.2) is 0 Å². The first-order chi connectivity index (χ1) is 13.1.